The van der Waals surface area contributed by atoms with Crippen LogP contribution in [0.3, 0.4) is 0 Å². The first kappa shape index (κ1) is 28.3. The molecule has 0 aromatic carbocycles. The summed E-state index contributed by atoms with van der Waals surface area (Å²) in [7, 11) is 0. The van der Waals surface area contributed by atoms with Crippen molar-refractivity contribution in [2.75, 3.05) is 6.01 Å². The topological polar surface area (TPSA) is 94.3 Å². The highest BCUT2D eigenvalue weighted by atomic mass is 32.2. The molecule has 10 heteroatoms. The standard InChI is InChI=1S/C31H35F2N3O4S/c1-5-26(38)40-31(28(39)41-16-32)9-8-21-20-10-17(2)22-11-23-18(14-35-36(23)19-6-7-25(33)34-15-19)12-29(22,3)27(20)24(37)13-30(21,31)4/h6-7,10-11,14-15,20-21,24,27,37H,5,8-9,12-13,16H2,1-4H3/t20-,21-,24-,27+,29-,30-,31-/m0/s1. The van der Waals surface area contributed by atoms with E-state index in [2.05, 4.69) is 36.1 Å². The lowest BCUT2D eigenvalue weighted by Gasteiger charge is -2.59. The van der Waals surface area contributed by atoms with Crippen LogP contribution in [0.2, 0.25) is 0 Å². The van der Waals surface area contributed by atoms with Gasteiger partial charge in [-0.25, -0.2) is 14.1 Å². The Labute approximate surface area is 242 Å². The number of hydrogen-bond donors (Lipinski definition) is 1. The highest BCUT2D eigenvalue weighted by Gasteiger charge is 2.70. The van der Waals surface area contributed by atoms with E-state index in [1.165, 1.54) is 12.3 Å². The molecule has 2 heterocycles. The van der Waals surface area contributed by atoms with Crippen molar-refractivity contribution in [3.8, 4) is 5.69 Å². The Bertz CT molecular complexity index is 1470. The molecule has 218 valence electrons. The zero-order valence-electron chi connectivity index (χ0n) is 23.7. The maximum atomic E-state index is 13.5. The van der Waals surface area contributed by atoms with Gasteiger partial charge in [-0.3, -0.25) is 9.59 Å². The molecule has 0 amide bonds. The lowest BCUT2D eigenvalue weighted by molar-refractivity contribution is -0.191. The maximum absolute atomic E-state index is 13.5. The maximum Gasteiger partial charge on any atom is 0.306 e. The number of ether oxygens (including phenoxy) is 1. The van der Waals surface area contributed by atoms with Gasteiger partial charge in [-0.15, -0.1) is 0 Å². The van der Waals surface area contributed by atoms with Crippen molar-refractivity contribution in [1.82, 2.24) is 14.8 Å². The number of carbonyl (C=O) groups is 2. The minimum Gasteiger partial charge on any atom is -0.449 e. The molecular formula is C31H35F2N3O4S. The molecule has 6 rings (SSSR count). The third-order valence-electron chi connectivity index (χ3n) is 10.5. The first-order valence-electron chi connectivity index (χ1n) is 14.2. The van der Waals surface area contributed by atoms with Crippen LogP contribution in [0, 0.1) is 34.5 Å². The van der Waals surface area contributed by atoms with Crippen LogP contribution in [0.5, 0.6) is 0 Å². The number of aromatic nitrogens is 3. The van der Waals surface area contributed by atoms with E-state index in [4.69, 9.17) is 4.74 Å². The van der Waals surface area contributed by atoms with Crippen molar-refractivity contribution < 1.29 is 28.2 Å². The predicted octanol–water partition coefficient (Wildman–Crippen LogP) is 5.60. The summed E-state index contributed by atoms with van der Waals surface area (Å²) in [6, 6.07) is 2.06. The Balaban J connectivity index is 1.42. The van der Waals surface area contributed by atoms with Crippen LogP contribution < -0.4 is 0 Å². The number of hydrogen-bond acceptors (Lipinski definition) is 7. The van der Waals surface area contributed by atoms with Gasteiger partial charge >= 0.3 is 5.97 Å². The quantitative estimate of drug-likeness (QED) is 0.362. The Kier molecular flexibility index (Phi) is 6.80. The van der Waals surface area contributed by atoms with Gasteiger partial charge in [-0.05, 0) is 85.6 Å². The lowest BCUT2D eigenvalue weighted by Crippen LogP contribution is -2.62. The Morgan fingerprint density at radius 1 is 1.27 bits per heavy atom. The second kappa shape index (κ2) is 9.87. The zero-order chi connectivity index (χ0) is 29.3. The Hall–Kier alpha value is -2.85. The van der Waals surface area contributed by atoms with Crippen LogP contribution in [-0.2, 0) is 20.7 Å². The van der Waals surface area contributed by atoms with Crippen LogP contribution in [0.25, 0.3) is 11.8 Å². The van der Waals surface area contributed by atoms with Crippen LogP contribution in [0.1, 0.15) is 64.6 Å². The van der Waals surface area contributed by atoms with E-state index in [-0.39, 0.29) is 30.6 Å². The van der Waals surface area contributed by atoms with Gasteiger partial charge < -0.3 is 9.84 Å². The minimum absolute atomic E-state index is 0.0348. The van der Waals surface area contributed by atoms with Gasteiger partial charge in [-0.2, -0.15) is 9.49 Å². The number of aliphatic hydroxyl groups is 1. The molecule has 0 unspecified atom stereocenters. The molecule has 0 bridgehead atoms. The molecule has 2 fully saturated rings. The summed E-state index contributed by atoms with van der Waals surface area (Å²) in [5, 5.41) is 16.1. The first-order valence-corrected chi connectivity index (χ1v) is 15.2. The lowest BCUT2D eigenvalue weighted by atomic mass is 9.46. The number of thioether (sulfide) groups is 1. The van der Waals surface area contributed by atoms with Gasteiger partial charge in [0.05, 0.1) is 29.9 Å². The molecule has 4 aliphatic rings. The minimum atomic E-state index is -1.48. The van der Waals surface area contributed by atoms with E-state index in [1.807, 2.05) is 13.1 Å². The number of esters is 1. The van der Waals surface area contributed by atoms with Gasteiger partial charge in [0.25, 0.3) is 0 Å². The molecule has 0 spiro atoms. The summed E-state index contributed by atoms with van der Waals surface area (Å²) < 4.78 is 34.6. The second-order valence-corrected chi connectivity index (χ2v) is 13.3. The van der Waals surface area contributed by atoms with E-state index in [9.17, 15) is 23.5 Å². The monoisotopic (exact) mass is 583 g/mol. The molecular weight excluding hydrogens is 548 g/mol. The second-order valence-electron chi connectivity index (χ2n) is 12.4. The number of allylic oxidation sites excluding steroid dienone is 3. The van der Waals surface area contributed by atoms with Crippen molar-refractivity contribution in [3.63, 3.8) is 0 Å². The summed E-state index contributed by atoms with van der Waals surface area (Å²) >= 11 is 0.553. The number of aliphatic hydroxyl groups excluding tert-OH is 1. The normalized spacial score (nSPS) is 35.4. The number of pyridine rings is 1. The third-order valence-corrected chi connectivity index (χ3v) is 11.2. The van der Waals surface area contributed by atoms with Gasteiger partial charge in [0, 0.05) is 23.2 Å². The number of fused-ring (bicyclic) bond motifs is 6. The Morgan fingerprint density at radius 2 is 2.05 bits per heavy atom. The van der Waals surface area contributed by atoms with Crippen molar-refractivity contribution in [2.45, 2.75) is 71.5 Å². The molecule has 41 heavy (non-hydrogen) atoms. The van der Waals surface area contributed by atoms with Crippen LogP contribution in [-0.4, -0.2) is 48.7 Å². The average Bonchev–Trinajstić information content (AvgIpc) is 3.46. The van der Waals surface area contributed by atoms with Gasteiger partial charge in [0.15, 0.2) is 5.60 Å². The zero-order valence-corrected chi connectivity index (χ0v) is 24.5. The van der Waals surface area contributed by atoms with E-state index in [0.717, 1.165) is 22.4 Å². The van der Waals surface area contributed by atoms with Crippen LogP contribution >= 0.6 is 11.8 Å². The van der Waals surface area contributed by atoms with Crippen LogP contribution in [0.4, 0.5) is 8.78 Å². The summed E-state index contributed by atoms with van der Waals surface area (Å²) in [4.78, 5) is 29.9. The molecule has 7 nitrogen and oxygen atoms in total. The smallest absolute Gasteiger partial charge is 0.306 e. The van der Waals surface area contributed by atoms with Crippen molar-refractivity contribution >= 4 is 28.9 Å². The molecule has 4 aliphatic carbocycles. The summed E-state index contributed by atoms with van der Waals surface area (Å²) in [6.07, 6.45) is 8.85. The summed E-state index contributed by atoms with van der Waals surface area (Å²) in [6.45, 7) is 7.90. The van der Waals surface area contributed by atoms with E-state index >= 15 is 0 Å². The van der Waals surface area contributed by atoms with Gasteiger partial charge in [-0.1, -0.05) is 32.4 Å². The summed E-state index contributed by atoms with van der Waals surface area (Å²) in [5.41, 5.74) is 2.09. The van der Waals surface area contributed by atoms with E-state index in [0.29, 0.717) is 36.7 Å². The Morgan fingerprint density at radius 3 is 2.73 bits per heavy atom. The van der Waals surface area contributed by atoms with Gasteiger partial charge in [0.2, 0.25) is 11.1 Å². The average molecular weight is 584 g/mol. The highest BCUT2D eigenvalue weighted by molar-refractivity contribution is 8.13. The van der Waals surface area contributed by atoms with Crippen molar-refractivity contribution in [3.05, 3.63) is 59.0 Å². The van der Waals surface area contributed by atoms with Gasteiger partial charge in [0.1, 0.15) is 6.01 Å². The fourth-order valence-corrected chi connectivity index (χ4v) is 9.43. The fraction of sp³-hybridized carbons (Fsp3) is 0.548. The van der Waals surface area contributed by atoms with Crippen molar-refractivity contribution in [2.24, 2.45) is 28.6 Å². The SMILES string of the molecule is CCC(=O)O[C@]1(C(=O)SCF)CC[C@H]2[C@@H]3C=C(C)C4=Cc5c(cnn5-c5ccc(F)nc5)C[C@]4(C)[C@H]3[C@@H](O)C[C@@]21C. The molecule has 0 saturated heterocycles. The van der Waals surface area contributed by atoms with E-state index in [1.54, 1.807) is 17.7 Å². The summed E-state index contributed by atoms with van der Waals surface area (Å²) in [5.74, 6) is -1.28. The molecule has 0 radical (unpaired) electrons. The number of carbonyl (C=O) groups excluding carboxylic acids is 2. The highest BCUT2D eigenvalue weighted by Crippen LogP contribution is 2.68. The molecule has 7 atom stereocenters. The third kappa shape index (κ3) is 4.00. The van der Waals surface area contributed by atoms with Crippen LogP contribution in [0.15, 0.2) is 41.7 Å². The predicted molar refractivity (Wildman–Crippen MR) is 151 cm³/mol. The molecule has 0 aliphatic heterocycles. The van der Waals surface area contributed by atoms with E-state index < -0.39 is 45.6 Å². The number of halogens is 2. The number of rotatable bonds is 5. The molecule has 2 saturated carbocycles. The molecule has 1 N–H and O–H groups in total. The first-order chi connectivity index (χ1) is 19.5. The fourth-order valence-electron chi connectivity index (χ4n) is 8.72. The number of alkyl halides is 1. The molecule has 2 aromatic rings. The number of nitrogens with zero attached hydrogens (tertiary/aromatic N) is 3. The largest absolute Gasteiger partial charge is 0.449 e. The van der Waals surface area contributed by atoms with Crippen molar-refractivity contribution in [1.29, 1.82) is 0 Å². The molecule has 2 aromatic heterocycles.